The van der Waals surface area contributed by atoms with E-state index in [2.05, 4.69) is 42.2 Å². The molecule has 3 heteroatoms. The molecule has 100 valence electrons. The highest BCUT2D eigenvalue weighted by Gasteiger charge is 2.22. The third kappa shape index (κ3) is 1.94. The van der Waals surface area contributed by atoms with Crippen molar-refractivity contribution in [3.8, 4) is 17.2 Å². The molecule has 0 unspecified atom stereocenters. The maximum Gasteiger partial charge on any atom is 0.142 e. The Bertz CT molecular complexity index is 693. The van der Waals surface area contributed by atoms with Crippen LogP contribution in [0.4, 0.5) is 5.82 Å². The first-order chi connectivity index (χ1) is 9.74. The van der Waals surface area contributed by atoms with Crippen LogP contribution < -0.4 is 5.73 Å². The van der Waals surface area contributed by atoms with Gasteiger partial charge in [-0.2, -0.15) is 5.26 Å². The van der Waals surface area contributed by atoms with Gasteiger partial charge in [-0.05, 0) is 42.4 Å². The number of aromatic nitrogens is 1. The summed E-state index contributed by atoms with van der Waals surface area (Å²) in [5, 5.41) is 9.42. The molecule has 1 heterocycles. The summed E-state index contributed by atoms with van der Waals surface area (Å²) in [6.07, 6.45) is 4.06. The first-order valence-electron chi connectivity index (χ1n) is 7.05. The number of fused-ring (bicyclic) bond motifs is 1. The van der Waals surface area contributed by atoms with Crippen molar-refractivity contribution in [2.75, 3.05) is 5.73 Å². The number of nitrogen functional groups attached to an aromatic ring is 1. The second-order valence-electron chi connectivity index (χ2n) is 5.19. The van der Waals surface area contributed by atoms with Crippen LogP contribution in [-0.4, -0.2) is 4.98 Å². The van der Waals surface area contributed by atoms with E-state index in [1.807, 2.05) is 0 Å². The lowest BCUT2D eigenvalue weighted by Crippen LogP contribution is -2.03. The maximum atomic E-state index is 9.42. The lowest BCUT2D eigenvalue weighted by Gasteiger charge is -2.13. The van der Waals surface area contributed by atoms with Crippen LogP contribution in [0.5, 0.6) is 0 Å². The largest absolute Gasteiger partial charge is 0.383 e. The van der Waals surface area contributed by atoms with Crippen molar-refractivity contribution >= 4 is 5.82 Å². The Labute approximate surface area is 119 Å². The summed E-state index contributed by atoms with van der Waals surface area (Å²) in [6.45, 7) is 2.14. The molecule has 0 aliphatic heterocycles. The molecule has 3 nitrogen and oxygen atoms in total. The zero-order chi connectivity index (χ0) is 14.1. The van der Waals surface area contributed by atoms with Gasteiger partial charge in [0, 0.05) is 11.3 Å². The Morgan fingerprint density at radius 1 is 1.25 bits per heavy atom. The molecule has 0 bridgehead atoms. The van der Waals surface area contributed by atoms with Crippen LogP contribution in [0.3, 0.4) is 0 Å². The Balaban J connectivity index is 2.23. The van der Waals surface area contributed by atoms with Crippen molar-refractivity contribution < 1.29 is 0 Å². The van der Waals surface area contributed by atoms with E-state index in [0.717, 1.165) is 42.5 Å². The van der Waals surface area contributed by atoms with Crippen LogP contribution >= 0.6 is 0 Å². The second-order valence-corrected chi connectivity index (χ2v) is 5.19. The van der Waals surface area contributed by atoms with E-state index in [1.54, 1.807) is 0 Å². The molecule has 0 fully saturated rings. The molecule has 0 atom stereocenters. The summed E-state index contributed by atoms with van der Waals surface area (Å²) in [6, 6.07) is 10.7. The fourth-order valence-corrected chi connectivity index (χ4v) is 2.94. The van der Waals surface area contributed by atoms with Crippen LogP contribution in [0, 0.1) is 11.3 Å². The number of pyridine rings is 1. The molecule has 1 aromatic carbocycles. The molecule has 20 heavy (non-hydrogen) atoms. The highest BCUT2D eigenvalue weighted by Crippen LogP contribution is 2.36. The number of hydrogen-bond donors (Lipinski definition) is 1. The molecule has 2 aromatic rings. The second kappa shape index (κ2) is 4.97. The van der Waals surface area contributed by atoms with E-state index >= 15 is 0 Å². The number of nitriles is 1. The zero-order valence-corrected chi connectivity index (χ0v) is 11.6. The van der Waals surface area contributed by atoms with Crippen LogP contribution in [0.2, 0.25) is 0 Å². The number of anilines is 1. The molecule has 0 saturated heterocycles. The summed E-state index contributed by atoms with van der Waals surface area (Å²) in [5.41, 5.74) is 12.1. The average Bonchev–Trinajstić information content (AvgIpc) is 2.93. The third-order valence-corrected chi connectivity index (χ3v) is 4.01. The number of benzene rings is 1. The quantitative estimate of drug-likeness (QED) is 0.904. The molecule has 1 aliphatic rings. The molecule has 1 aliphatic carbocycles. The van der Waals surface area contributed by atoms with Crippen LogP contribution in [0.1, 0.15) is 35.7 Å². The summed E-state index contributed by atoms with van der Waals surface area (Å²) in [4.78, 5) is 4.40. The Morgan fingerprint density at radius 3 is 2.65 bits per heavy atom. The number of nitrogens with two attached hydrogens (primary N) is 1. The van der Waals surface area contributed by atoms with Gasteiger partial charge in [0.05, 0.1) is 0 Å². The van der Waals surface area contributed by atoms with E-state index in [9.17, 15) is 5.26 Å². The minimum Gasteiger partial charge on any atom is -0.383 e. The van der Waals surface area contributed by atoms with Gasteiger partial charge in [0.2, 0.25) is 0 Å². The number of rotatable bonds is 2. The van der Waals surface area contributed by atoms with Crippen molar-refractivity contribution in [3.05, 3.63) is 46.6 Å². The Kier molecular flexibility index (Phi) is 3.15. The molecule has 2 N–H and O–H groups in total. The molecular weight excluding hydrogens is 246 g/mol. The van der Waals surface area contributed by atoms with Crippen LogP contribution in [0.25, 0.3) is 11.1 Å². The molecule has 0 amide bonds. The molecule has 0 saturated carbocycles. The molecular formula is C17H17N3. The predicted molar refractivity (Wildman–Crippen MR) is 80.2 cm³/mol. The SMILES string of the molecule is CCc1ccc(-c2c(C#N)c(N)nc3c2CCC3)cc1. The highest BCUT2D eigenvalue weighted by molar-refractivity contribution is 5.79. The predicted octanol–water partition coefficient (Wildman–Crippen LogP) is 3.25. The minimum absolute atomic E-state index is 0.364. The zero-order valence-electron chi connectivity index (χ0n) is 11.6. The molecule has 0 radical (unpaired) electrons. The van der Waals surface area contributed by atoms with Gasteiger partial charge >= 0.3 is 0 Å². The van der Waals surface area contributed by atoms with Crippen molar-refractivity contribution in [2.24, 2.45) is 0 Å². The molecule has 0 spiro atoms. The summed E-state index contributed by atoms with van der Waals surface area (Å²) >= 11 is 0. The van der Waals surface area contributed by atoms with Crippen LogP contribution in [0.15, 0.2) is 24.3 Å². The summed E-state index contributed by atoms with van der Waals surface area (Å²) in [5.74, 6) is 0.364. The number of hydrogen-bond acceptors (Lipinski definition) is 3. The monoisotopic (exact) mass is 263 g/mol. The van der Waals surface area contributed by atoms with Crippen molar-refractivity contribution in [2.45, 2.75) is 32.6 Å². The fourth-order valence-electron chi connectivity index (χ4n) is 2.94. The standard InChI is InChI=1S/C17H17N3/c1-2-11-6-8-12(9-7-11)16-13-4-3-5-15(13)20-17(19)14(16)10-18/h6-9H,2-5H2,1H3,(H2,19,20). The van der Waals surface area contributed by atoms with Crippen LogP contribution in [-0.2, 0) is 19.3 Å². The minimum atomic E-state index is 0.364. The first-order valence-corrected chi connectivity index (χ1v) is 7.05. The topological polar surface area (TPSA) is 62.7 Å². The van der Waals surface area contributed by atoms with Gasteiger partial charge in [-0.3, -0.25) is 0 Å². The summed E-state index contributed by atoms with van der Waals surface area (Å²) < 4.78 is 0. The summed E-state index contributed by atoms with van der Waals surface area (Å²) in [7, 11) is 0. The fraction of sp³-hybridized carbons (Fsp3) is 0.294. The lowest BCUT2D eigenvalue weighted by atomic mass is 9.94. The van der Waals surface area contributed by atoms with Gasteiger partial charge in [0.25, 0.3) is 0 Å². The highest BCUT2D eigenvalue weighted by atomic mass is 14.9. The first kappa shape index (κ1) is 12.7. The van der Waals surface area contributed by atoms with E-state index < -0.39 is 0 Å². The third-order valence-electron chi connectivity index (χ3n) is 4.01. The lowest BCUT2D eigenvalue weighted by molar-refractivity contribution is 0.900. The number of nitrogens with zero attached hydrogens (tertiary/aromatic N) is 2. The van der Waals surface area contributed by atoms with Gasteiger partial charge in [-0.25, -0.2) is 4.98 Å². The van der Waals surface area contributed by atoms with Crippen molar-refractivity contribution in [1.29, 1.82) is 5.26 Å². The molecule has 1 aromatic heterocycles. The Hall–Kier alpha value is -2.34. The molecule has 3 rings (SSSR count). The normalized spacial score (nSPS) is 13.0. The average molecular weight is 263 g/mol. The van der Waals surface area contributed by atoms with Crippen molar-refractivity contribution in [1.82, 2.24) is 4.98 Å². The van der Waals surface area contributed by atoms with E-state index in [1.165, 1.54) is 11.1 Å². The van der Waals surface area contributed by atoms with Gasteiger partial charge in [-0.1, -0.05) is 31.2 Å². The van der Waals surface area contributed by atoms with Gasteiger partial charge in [-0.15, -0.1) is 0 Å². The number of aryl methyl sites for hydroxylation is 2. The van der Waals surface area contributed by atoms with Gasteiger partial charge in [0.15, 0.2) is 0 Å². The van der Waals surface area contributed by atoms with Crippen molar-refractivity contribution in [3.63, 3.8) is 0 Å². The Morgan fingerprint density at radius 2 is 2.00 bits per heavy atom. The van der Waals surface area contributed by atoms with Gasteiger partial charge in [0.1, 0.15) is 17.5 Å². The van der Waals surface area contributed by atoms with E-state index in [4.69, 9.17) is 5.73 Å². The smallest absolute Gasteiger partial charge is 0.142 e. The van der Waals surface area contributed by atoms with E-state index in [-0.39, 0.29) is 0 Å². The maximum absolute atomic E-state index is 9.42. The van der Waals surface area contributed by atoms with Gasteiger partial charge < -0.3 is 5.73 Å². The van der Waals surface area contributed by atoms with E-state index in [0.29, 0.717) is 11.4 Å².